The van der Waals surface area contributed by atoms with Gasteiger partial charge in [0.05, 0.1) is 11.4 Å². The highest BCUT2D eigenvalue weighted by molar-refractivity contribution is 5.82. The molecule has 6 heterocycles. The van der Waals surface area contributed by atoms with Crippen molar-refractivity contribution in [1.29, 1.82) is 0 Å². The molecule has 0 radical (unpaired) electrons. The highest BCUT2D eigenvalue weighted by atomic mass is 16.2. The van der Waals surface area contributed by atoms with Crippen LogP contribution in [0.25, 0.3) is 11.3 Å². The molecule has 140 valence electrons. The summed E-state index contributed by atoms with van der Waals surface area (Å²) in [6.45, 7) is 6.50. The first kappa shape index (κ1) is 16.8. The Hall–Kier alpha value is -2.38. The predicted octanol–water partition coefficient (Wildman–Crippen LogP) is 0.813. The zero-order valence-electron chi connectivity index (χ0n) is 15.4. The molecule has 2 bridgehead atoms. The molecule has 0 aromatic carbocycles. The number of aromatic nitrogens is 3. The molecule has 3 atom stereocenters. The number of carbonyl (C=O) groups excluding carboxylic acids is 1. The summed E-state index contributed by atoms with van der Waals surface area (Å²) in [6, 6.07) is 5.97. The third-order valence-corrected chi connectivity index (χ3v) is 6.01. The second-order valence-electron chi connectivity index (χ2n) is 7.65. The van der Waals surface area contributed by atoms with E-state index >= 15 is 0 Å². The van der Waals surface area contributed by atoms with Gasteiger partial charge in [0.15, 0.2) is 0 Å². The van der Waals surface area contributed by atoms with Crippen LogP contribution >= 0.6 is 0 Å². The molecule has 7 nitrogen and oxygen atoms in total. The molecule has 1 amide bonds. The van der Waals surface area contributed by atoms with Crippen molar-refractivity contribution in [1.82, 2.24) is 29.9 Å². The average molecular weight is 364 g/mol. The van der Waals surface area contributed by atoms with Gasteiger partial charge in [0.25, 0.3) is 0 Å². The summed E-state index contributed by atoms with van der Waals surface area (Å²) < 4.78 is 0. The summed E-state index contributed by atoms with van der Waals surface area (Å²) in [7, 11) is 0. The van der Waals surface area contributed by atoms with E-state index in [1.165, 1.54) is 0 Å². The molecule has 4 aliphatic rings. The number of rotatable bonds is 2. The molecular weight excluding hydrogens is 340 g/mol. The van der Waals surface area contributed by atoms with Gasteiger partial charge in [0, 0.05) is 63.6 Å². The lowest BCUT2D eigenvalue weighted by Crippen LogP contribution is -2.58. The second kappa shape index (κ2) is 6.98. The Labute approximate surface area is 159 Å². The third kappa shape index (κ3) is 3.21. The smallest absolute Gasteiger partial charge is 0.241 e. The SMILES string of the molecule is O=C(C1CN2CCCN1CC2)N1CCc2nnc(-c3ccncc3)cc2C1. The van der Waals surface area contributed by atoms with Crippen LogP contribution < -0.4 is 0 Å². The van der Waals surface area contributed by atoms with E-state index in [2.05, 4.69) is 31.0 Å². The van der Waals surface area contributed by atoms with Crippen LogP contribution in [-0.4, -0.2) is 81.1 Å². The Morgan fingerprint density at radius 3 is 2.81 bits per heavy atom. The van der Waals surface area contributed by atoms with Crippen molar-refractivity contribution in [2.45, 2.75) is 25.4 Å². The summed E-state index contributed by atoms with van der Waals surface area (Å²) in [5.74, 6) is 0.273. The van der Waals surface area contributed by atoms with Crippen LogP contribution in [0, 0.1) is 0 Å². The van der Waals surface area contributed by atoms with E-state index in [4.69, 9.17) is 0 Å². The van der Waals surface area contributed by atoms with Gasteiger partial charge in [-0.25, -0.2) is 0 Å². The minimum atomic E-state index is 0.0114. The van der Waals surface area contributed by atoms with E-state index in [9.17, 15) is 4.79 Å². The molecule has 4 aliphatic heterocycles. The molecule has 0 aliphatic carbocycles. The van der Waals surface area contributed by atoms with Crippen LogP contribution in [0.2, 0.25) is 0 Å². The number of nitrogens with zero attached hydrogens (tertiary/aromatic N) is 6. The van der Waals surface area contributed by atoms with Crippen molar-refractivity contribution in [3.63, 3.8) is 0 Å². The van der Waals surface area contributed by atoms with Gasteiger partial charge in [0.1, 0.15) is 6.04 Å². The molecular formula is C20H24N6O. The maximum absolute atomic E-state index is 13.3. The number of carbonyl (C=O) groups is 1. The van der Waals surface area contributed by atoms with Crippen molar-refractivity contribution >= 4 is 5.91 Å². The fraction of sp³-hybridized carbons (Fsp3) is 0.500. The summed E-state index contributed by atoms with van der Waals surface area (Å²) in [5, 5.41) is 8.80. The molecule has 0 spiro atoms. The molecule has 27 heavy (non-hydrogen) atoms. The Morgan fingerprint density at radius 1 is 1.04 bits per heavy atom. The number of piperazine rings is 1. The number of amides is 1. The lowest BCUT2D eigenvalue weighted by molar-refractivity contribution is -0.139. The Balaban J connectivity index is 1.36. The van der Waals surface area contributed by atoms with Gasteiger partial charge in [0.2, 0.25) is 5.91 Å². The zero-order chi connectivity index (χ0) is 18.2. The maximum Gasteiger partial charge on any atom is 0.241 e. The fourth-order valence-electron chi connectivity index (χ4n) is 4.47. The first-order valence-corrected chi connectivity index (χ1v) is 9.79. The van der Waals surface area contributed by atoms with Crippen molar-refractivity contribution < 1.29 is 4.79 Å². The first-order valence-electron chi connectivity index (χ1n) is 9.79. The number of fused-ring (bicyclic) bond motifs is 5. The van der Waals surface area contributed by atoms with Crippen LogP contribution in [0.3, 0.4) is 0 Å². The van der Waals surface area contributed by atoms with E-state index in [-0.39, 0.29) is 11.9 Å². The van der Waals surface area contributed by atoms with Crippen molar-refractivity contribution in [3.05, 3.63) is 41.9 Å². The van der Waals surface area contributed by atoms with Crippen molar-refractivity contribution in [2.75, 3.05) is 39.3 Å². The first-order chi connectivity index (χ1) is 13.3. The molecule has 3 saturated heterocycles. The topological polar surface area (TPSA) is 65.5 Å². The van der Waals surface area contributed by atoms with Crippen LogP contribution in [0.1, 0.15) is 17.7 Å². The summed E-state index contributed by atoms with van der Waals surface area (Å²) in [4.78, 5) is 24.2. The Kier molecular flexibility index (Phi) is 4.33. The monoisotopic (exact) mass is 364 g/mol. The molecule has 3 unspecified atom stereocenters. The highest BCUT2D eigenvalue weighted by Gasteiger charge is 2.37. The zero-order valence-corrected chi connectivity index (χ0v) is 15.4. The van der Waals surface area contributed by atoms with Crippen molar-refractivity contribution in [2.24, 2.45) is 0 Å². The minimum absolute atomic E-state index is 0.0114. The van der Waals surface area contributed by atoms with Gasteiger partial charge < -0.3 is 4.90 Å². The Morgan fingerprint density at radius 2 is 1.93 bits per heavy atom. The normalized spacial score (nSPS) is 27.1. The van der Waals surface area contributed by atoms with Gasteiger partial charge in [-0.2, -0.15) is 10.2 Å². The predicted molar refractivity (Wildman–Crippen MR) is 101 cm³/mol. The van der Waals surface area contributed by atoms with Crippen LogP contribution in [-0.2, 0) is 17.8 Å². The van der Waals surface area contributed by atoms with Gasteiger partial charge in [-0.3, -0.25) is 19.6 Å². The average Bonchev–Trinajstić information content (AvgIpc) is 3.09. The fourth-order valence-corrected chi connectivity index (χ4v) is 4.47. The lowest BCUT2D eigenvalue weighted by atomic mass is 10.0. The quantitative estimate of drug-likeness (QED) is 0.786. The maximum atomic E-state index is 13.3. The minimum Gasteiger partial charge on any atom is -0.337 e. The number of hydrogen-bond donors (Lipinski definition) is 0. The van der Waals surface area contributed by atoms with E-state index < -0.39 is 0 Å². The van der Waals surface area contributed by atoms with Gasteiger partial charge in [-0.05, 0) is 36.7 Å². The summed E-state index contributed by atoms with van der Waals surface area (Å²) in [5.41, 5.74) is 3.98. The van der Waals surface area contributed by atoms with E-state index in [0.717, 1.165) is 74.6 Å². The van der Waals surface area contributed by atoms with Crippen molar-refractivity contribution in [3.8, 4) is 11.3 Å². The number of hydrogen-bond acceptors (Lipinski definition) is 6. The third-order valence-electron chi connectivity index (χ3n) is 6.01. The molecule has 0 N–H and O–H groups in total. The molecule has 7 heteroatoms. The largest absolute Gasteiger partial charge is 0.337 e. The standard InChI is InChI=1S/C20H24N6O/c27-20(19-14-24-7-1-8-25(19)11-10-24)26-9-4-17-16(13-26)12-18(23-22-17)15-2-5-21-6-3-15/h2-3,5-6,12,19H,1,4,7-11,13-14H2. The molecule has 3 fully saturated rings. The summed E-state index contributed by atoms with van der Waals surface area (Å²) in [6.07, 6.45) is 5.47. The molecule has 6 rings (SSSR count). The molecule has 2 aromatic rings. The van der Waals surface area contributed by atoms with E-state index in [1.54, 1.807) is 12.4 Å². The van der Waals surface area contributed by atoms with Crippen LogP contribution in [0.4, 0.5) is 0 Å². The number of pyridine rings is 1. The lowest BCUT2D eigenvalue weighted by Gasteiger charge is -2.40. The van der Waals surface area contributed by atoms with Gasteiger partial charge >= 0.3 is 0 Å². The van der Waals surface area contributed by atoms with Gasteiger partial charge in [-0.15, -0.1) is 0 Å². The van der Waals surface area contributed by atoms with E-state index in [1.807, 2.05) is 17.0 Å². The van der Waals surface area contributed by atoms with Gasteiger partial charge in [-0.1, -0.05) is 0 Å². The Bertz CT molecular complexity index is 838. The molecule has 0 saturated carbocycles. The van der Waals surface area contributed by atoms with Crippen LogP contribution in [0.5, 0.6) is 0 Å². The van der Waals surface area contributed by atoms with E-state index in [0.29, 0.717) is 6.54 Å². The molecule has 2 aromatic heterocycles. The highest BCUT2D eigenvalue weighted by Crippen LogP contribution is 2.24. The van der Waals surface area contributed by atoms with Crippen LogP contribution in [0.15, 0.2) is 30.6 Å². The second-order valence-corrected chi connectivity index (χ2v) is 7.65. The summed E-state index contributed by atoms with van der Waals surface area (Å²) >= 11 is 0.